The smallest absolute Gasteiger partial charge is 0.254 e. The first-order valence-electron chi connectivity index (χ1n) is 5.62. The first kappa shape index (κ1) is 13.3. The normalized spacial score (nSPS) is 19.9. The fourth-order valence-corrected chi connectivity index (χ4v) is 2.09. The first-order valence-corrected chi connectivity index (χ1v) is 6.41. The summed E-state index contributed by atoms with van der Waals surface area (Å²) in [6, 6.07) is 4.71. The van der Waals surface area contributed by atoms with Crippen molar-refractivity contribution in [1.29, 1.82) is 0 Å². The molecule has 0 saturated carbocycles. The molecule has 1 heterocycles. The zero-order valence-corrected chi connectivity index (χ0v) is 11.3. The van der Waals surface area contributed by atoms with Gasteiger partial charge in [0.25, 0.3) is 5.91 Å². The Morgan fingerprint density at radius 1 is 1.56 bits per heavy atom. The number of phenolic OH excluding ortho intramolecular Hbond substituents is 1. The minimum Gasteiger partial charge on any atom is -0.507 e. The fraction of sp³-hybridized carbons (Fsp3) is 0.417. The first-order chi connectivity index (χ1) is 8.61. The van der Waals surface area contributed by atoms with Crippen molar-refractivity contribution in [2.75, 3.05) is 26.3 Å². The molecule has 1 saturated heterocycles. The van der Waals surface area contributed by atoms with E-state index in [0.29, 0.717) is 29.7 Å². The molecule has 1 fully saturated rings. The number of phenols is 1. The molecule has 0 bridgehead atoms. The van der Waals surface area contributed by atoms with Gasteiger partial charge < -0.3 is 19.8 Å². The predicted molar refractivity (Wildman–Crippen MR) is 68.5 cm³/mol. The molecular formula is C12H14BrNO4. The number of aliphatic hydroxyl groups is 1. The summed E-state index contributed by atoms with van der Waals surface area (Å²) in [5, 5.41) is 18.6. The quantitative estimate of drug-likeness (QED) is 0.854. The van der Waals surface area contributed by atoms with Gasteiger partial charge in [0.2, 0.25) is 0 Å². The van der Waals surface area contributed by atoms with E-state index in [1.807, 2.05) is 0 Å². The van der Waals surface area contributed by atoms with Crippen LogP contribution < -0.4 is 0 Å². The van der Waals surface area contributed by atoms with Crippen LogP contribution in [0.15, 0.2) is 22.7 Å². The van der Waals surface area contributed by atoms with Crippen LogP contribution >= 0.6 is 15.9 Å². The summed E-state index contributed by atoms with van der Waals surface area (Å²) in [7, 11) is 0. The molecule has 1 atom stereocenters. The number of carbonyl (C=O) groups excluding carboxylic acids is 1. The molecule has 1 unspecified atom stereocenters. The minimum atomic E-state index is -0.327. The summed E-state index contributed by atoms with van der Waals surface area (Å²) in [4.78, 5) is 13.8. The minimum absolute atomic E-state index is 0.0350. The van der Waals surface area contributed by atoms with Gasteiger partial charge in [-0.2, -0.15) is 0 Å². The van der Waals surface area contributed by atoms with Gasteiger partial charge in [-0.25, -0.2) is 0 Å². The van der Waals surface area contributed by atoms with Crippen LogP contribution in [0.4, 0.5) is 0 Å². The maximum Gasteiger partial charge on any atom is 0.254 e. The molecule has 98 valence electrons. The molecule has 0 radical (unpaired) electrons. The van der Waals surface area contributed by atoms with Crippen LogP contribution in [0, 0.1) is 0 Å². The van der Waals surface area contributed by atoms with Crippen molar-refractivity contribution in [3.8, 4) is 5.75 Å². The monoisotopic (exact) mass is 315 g/mol. The highest BCUT2D eigenvalue weighted by atomic mass is 79.9. The Balaban J connectivity index is 2.12. The number of carbonyl (C=O) groups is 1. The van der Waals surface area contributed by atoms with Crippen molar-refractivity contribution >= 4 is 21.8 Å². The number of benzene rings is 1. The van der Waals surface area contributed by atoms with E-state index in [2.05, 4.69) is 15.9 Å². The number of rotatable bonds is 2. The standard InChI is InChI=1S/C12H14BrNO4/c13-10-2-1-8(5-11(10)16)12(17)14-3-4-18-9(6-14)7-15/h1-2,5,9,15-16H,3-4,6-7H2. The molecule has 1 aromatic rings. The van der Waals surface area contributed by atoms with E-state index in [4.69, 9.17) is 9.84 Å². The number of aliphatic hydroxyl groups excluding tert-OH is 1. The molecule has 0 aliphatic carbocycles. The number of hydrogen-bond donors (Lipinski definition) is 2. The number of morpholine rings is 1. The topological polar surface area (TPSA) is 70.0 Å². The lowest BCUT2D eigenvalue weighted by atomic mass is 10.1. The molecule has 0 aromatic heterocycles. The van der Waals surface area contributed by atoms with Gasteiger partial charge in [0, 0.05) is 18.7 Å². The molecule has 5 nitrogen and oxygen atoms in total. The van der Waals surface area contributed by atoms with Crippen molar-refractivity contribution in [1.82, 2.24) is 4.90 Å². The number of ether oxygens (including phenoxy) is 1. The molecule has 18 heavy (non-hydrogen) atoms. The number of aromatic hydroxyl groups is 1. The molecule has 6 heteroatoms. The zero-order valence-electron chi connectivity index (χ0n) is 9.67. The Bertz CT molecular complexity index is 452. The van der Waals surface area contributed by atoms with Gasteiger partial charge in [0.05, 0.1) is 23.8 Å². The maximum atomic E-state index is 12.2. The second-order valence-corrected chi connectivity index (χ2v) is 4.95. The second-order valence-electron chi connectivity index (χ2n) is 4.09. The predicted octanol–water partition coefficient (Wildman–Crippen LogP) is 0.988. The van der Waals surface area contributed by atoms with Gasteiger partial charge in [0.1, 0.15) is 5.75 Å². The Morgan fingerprint density at radius 2 is 2.33 bits per heavy atom. The van der Waals surface area contributed by atoms with Crippen LogP contribution in [0.3, 0.4) is 0 Å². The summed E-state index contributed by atoms with van der Waals surface area (Å²) in [6.45, 7) is 1.17. The SMILES string of the molecule is O=C(c1ccc(Br)c(O)c1)N1CCOC(CO)C1. The van der Waals surface area contributed by atoms with Crippen LogP contribution in [-0.2, 0) is 4.74 Å². The molecule has 1 amide bonds. The Morgan fingerprint density at radius 3 is 3.00 bits per heavy atom. The van der Waals surface area contributed by atoms with Crippen LogP contribution in [0.2, 0.25) is 0 Å². The van der Waals surface area contributed by atoms with Crippen LogP contribution in [0.5, 0.6) is 5.75 Å². The van der Waals surface area contributed by atoms with Gasteiger partial charge in [-0.05, 0) is 34.1 Å². The average Bonchev–Trinajstić information content (AvgIpc) is 2.41. The lowest BCUT2D eigenvalue weighted by molar-refractivity contribution is -0.0447. The molecule has 1 aliphatic heterocycles. The average molecular weight is 316 g/mol. The van der Waals surface area contributed by atoms with E-state index >= 15 is 0 Å². The van der Waals surface area contributed by atoms with E-state index in [1.54, 1.807) is 17.0 Å². The van der Waals surface area contributed by atoms with Gasteiger partial charge in [-0.1, -0.05) is 0 Å². The van der Waals surface area contributed by atoms with Crippen molar-refractivity contribution in [2.24, 2.45) is 0 Å². The third-order valence-electron chi connectivity index (χ3n) is 2.82. The Labute approximate surface area is 113 Å². The van der Waals surface area contributed by atoms with Crippen molar-refractivity contribution in [3.63, 3.8) is 0 Å². The van der Waals surface area contributed by atoms with E-state index in [1.165, 1.54) is 6.07 Å². The van der Waals surface area contributed by atoms with Gasteiger partial charge in [-0.3, -0.25) is 4.79 Å². The Kier molecular flexibility index (Phi) is 4.21. The molecule has 1 aliphatic rings. The van der Waals surface area contributed by atoms with E-state index < -0.39 is 0 Å². The molecule has 1 aromatic carbocycles. The van der Waals surface area contributed by atoms with Gasteiger partial charge in [-0.15, -0.1) is 0 Å². The highest BCUT2D eigenvalue weighted by Crippen LogP contribution is 2.25. The van der Waals surface area contributed by atoms with Gasteiger partial charge >= 0.3 is 0 Å². The number of halogens is 1. The molecule has 2 N–H and O–H groups in total. The van der Waals surface area contributed by atoms with Crippen molar-refractivity contribution < 1.29 is 19.7 Å². The Hall–Kier alpha value is -1.11. The van der Waals surface area contributed by atoms with Crippen LogP contribution in [0.25, 0.3) is 0 Å². The highest BCUT2D eigenvalue weighted by molar-refractivity contribution is 9.10. The number of nitrogens with zero attached hydrogens (tertiary/aromatic N) is 1. The zero-order chi connectivity index (χ0) is 13.1. The van der Waals surface area contributed by atoms with Crippen LogP contribution in [-0.4, -0.2) is 53.4 Å². The van der Waals surface area contributed by atoms with Crippen molar-refractivity contribution in [3.05, 3.63) is 28.2 Å². The van der Waals surface area contributed by atoms with E-state index in [9.17, 15) is 9.90 Å². The fourth-order valence-electron chi connectivity index (χ4n) is 1.84. The summed E-state index contributed by atoms with van der Waals surface area (Å²) in [6.07, 6.45) is -0.327. The van der Waals surface area contributed by atoms with Crippen LogP contribution in [0.1, 0.15) is 10.4 Å². The third-order valence-corrected chi connectivity index (χ3v) is 3.49. The molecular weight excluding hydrogens is 302 g/mol. The number of hydrogen-bond acceptors (Lipinski definition) is 4. The summed E-state index contributed by atoms with van der Waals surface area (Å²) in [5.74, 6) is -0.132. The second kappa shape index (κ2) is 5.69. The summed E-state index contributed by atoms with van der Waals surface area (Å²) < 4.78 is 5.84. The summed E-state index contributed by atoms with van der Waals surface area (Å²) in [5.41, 5.74) is 0.425. The van der Waals surface area contributed by atoms with E-state index in [-0.39, 0.29) is 24.4 Å². The highest BCUT2D eigenvalue weighted by Gasteiger charge is 2.24. The molecule has 0 spiro atoms. The largest absolute Gasteiger partial charge is 0.507 e. The summed E-state index contributed by atoms with van der Waals surface area (Å²) >= 11 is 3.17. The van der Waals surface area contributed by atoms with E-state index in [0.717, 1.165) is 0 Å². The maximum absolute atomic E-state index is 12.2. The lowest BCUT2D eigenvalue weighted by Crippen LogP contribution is -2.46. The van der Waals surface area contributed by atoms with Gasteiger partial charge in [0.15, 0.2) is 0 Å². The molecule has 2 rings (SSSR count). The van der Waals surface area contributed by atoms with Crippen molar-refractivity contribution in [2.45, 2.75) is 6.10 Å². The number of amides is 1. The lowest BCUT2D eigenvalue weighted by Gasteiger charge is -2.32. The third kappa shape index (κ3) is 2.82.